The SMILES string of the molecule is CC(C)(C)C(=O)ONC(=NCCCNc1nonc1C(=O)Nc1ccc(F)c(Br)c1)NO. The molecule has 1 amide bonds. The molecular formula is C18H23BrFN7O5. The number of carbonyl (C=O) groups is 2. The second-order valence-electron chi connectivity index (χ2n) is 7.41. The van der Waals surface area contributed by atoms with E-state index in [9.17, 15) is 14.0 Å². The number of hydrogen-bond acceptors (Lipinski definition) is 9. The molecule has 0 atom stereocenters. The predicted octanol–water partition coefficient (Wildman–Crippen LogP) is 2.45. The van der Waals surface area contributed by atoms with Crippen LogP contribution in [0.1, 0.15) is 37.7 Å². The highest BCUT2D eigenvalue weighted by Gasteiger charge is 2.24. The summed E-state index contributed by atoms with van der Waals surface area (Å²) in [5, 5.41) is 21.7. The van der Waals surface area contributed by atoms with Crippen molar-refractivity contribution in [2.24, 2.45) is 10.4 Å². The zero-order valence-electron chi connectivity index (χ0n) is 17.5. The number of guanidine groups is 1. The minimum Gasteiger partial charge on any atom is -0.365 e. The van der Waals surface area contributed by atoms with Crippen molar-refractivity contribution < 1.29 is 28.7 Å². The number of hydroxylamine groups is 2. The lowest BCUT2D eigenvalue weighted by atomic mass is 9.98. The Bertz CT molecular complexity index is 977. The molecule has 0 fully saturated rings. The molecule has 14 heteroatoms. The van der Waals surface area contributed by atoms with Crippen molar-refractivity contribution in [3.63, 3.8) is 0 Å². The van der Waals surface area contributed by atoms with Crippen LogP contribution < -0.4 is 21.6 Å². The van der Waals surface area contributed by atoms with Crippen LogP contribution in [0.15, 0.2) is 32.3 Å². The van der Waals surface area contributed by atoms with Crippen molar-refractivity contribution in [2.45, 2.75) is 27.2 Å². The molecule has 0 bridgehead atoms. The fourth-order valence-corrected chi connectivity index (χ4v) is 2.41. The lowest BCUT2D eigenvalue weighted by Gasteiger charge is -2.16. The maximum absolute atomic E-state index is 13.3. The highest BCUT2D eigenvalue weighted by atomic mass is 79.9. The maximum Gasteiger partial charge on any atom is 0.337 e. The first-order chi connectivity index (χ1) is 15.1. The number of aromatic nitrogens is 2. The van der Waals surface area contributed by atoms with Gasteiger partial charge < -0.3 is 15.5 Å². The zero-order chi connectivity index (χ0) is 23.7. The van der Waals surface area contributed by atoms with Crippen LogP contribution in [0.2, 0.25) is 0 Å². The molecule has 1 heterocycles. The highest BCUT2D eigenvalue weighted by molar-refractivity contribution is 9.10. The summed E-state index contributed by atoms with van der Waals surface area (Å²) in [5.41, 5.74) is 3.58. The van der Waals surface area contributed by atoms with Gasteiger partial charge >= 0.3 is 5.97 Å². The van der Waals surface area contributed by atoms with E-state index in [0.717, 1.165) is 0 Å². The number of nitrogens with one attached hydrogen (secondary N) is 4. The Morgan fingerprint density at radius 1 is 1.31 bits per heavy atom. The summed E-state index contributed by atoms with van der Waals surface area (Å²) in [4.78, 5) is 32.9. The van der Waals surface area contributed by atoms with Gasteiger partial charge in [-0.2, -0.15) is 5.48 Å². The van der Waals surface area contributed by atoms with E-state index < -0.39 is 23.1 Å². The van der Waals surface area contributed by atoms with Crippen LogP contribution in [-0.4, -0.2) is 46.4 Å². The van der Waals surface area contributed by atoms with Crippen molar-refractivity contribution in [2.75, 3.05) is 23.7 Å². The van der Waals surface area contributed by atoms with Gasteiger partial charge in [0.1, 0.15) is 5.82 Å². The number of anilines is 2. The van der Waals surface area contributed by atoms with E-state index in [1.807, 2.05) is 0 Å². The first-order valence-corrected chi connectivity index (χ1v) is 10.2. The minimum atomic E-state index is -0.722. The minimum absolute atomic E-state index is 0.0811. The average molecular weight is 516 g/mol. The fraction of sp³-hybridized carbons (Fsp3) is 0.389. The topological polar surface area (TPSA) is 163 Å². The van der Waals surface area contributed by atoms with Gasteiger partial charge in [0.25, 0.3) is 5.91 Å². The molecule has 2 aromatic rings. The summed E-state index contributed by atoms with van der Waals surface area (Å²) in [6, 6.07) is 4.01. The van der Waals surface area contributed by atoms with Gasteiger partial charge in [-0.25, -0.2) is 24.3 Å². The van der Waals surface area contributed by atoms with Gasteiger partial charge in [-0.05, 0) is 71.6 Å². The van der Waals surface area contributed by atoms with Gasteiger partial charge in [0.2, 0.25) is 17.5 Å². The largest absolute Gasteiger partial charge is 0.365 e. The van der Waals surface area contributed by atoms with Gasteiger partial charge in [-0.3, -0.25) is 10.0 Å². The zero-order valence-corrected chi connectivity index (χ0v) is 19.1. The summed E-state index contributed by atoms with van der Waals surface area (Å²) in [7, 11) is 0. The molecule has 0 aliphatic rings. The number of aliphatic imine (C=N–C) groups is 1. The number of carbonyl (C=O) groups excluding carboxylic acids is 2. The van der Waals surface area contributed by atoms with Gasteiger partial charge in [-0.15, -0.1) is 0 Å². The van der Waals surface area contributed by atoms with Crippen LogP contribution in [0.3, 0.4) is 0 Å². The molecule has 1 aromatic carbocycles. The average Bonchev–Trinajstić information content (AvgIpc) is 3.20. The first kappa shape index (κ1) is 25.0. The molecule has 0 aliphatic carbocycles. The second-order valence-corrected chi connectivity index (χ2v) is 8.26. The molecule has 0 aliphatic heterocycles. The molecule has 1 aromatic heterocycles. The van der Waals surface area contributed by atoms with Crippen molar-refractivity contribution in [3.05, 3.63) is 34.2 Å². The number of amides is 1. The van der Waals surface area contributed by atoms with Crippen molar-refractivity contribution in [1.82, 2.24) is 21.3 Å². The second kappa shape index (κ2) is 11.4. The van der Waals surface area contributed by atoms with Gasteiger partial charge in [-0.1, -0.05) is 0 Å². The molecule has 0 saturated heterocycles. The molecule has 0 spiro atoms. The van der Waals surface area contributed by atoms with Crippen molar-refractivity contribution >= 4 is 45.3 Å². The Morgan fingerprint density at radius 2 is 2.06 bits per heavy atom. The maximum atomic E-state index is 13.3. The molecule has 32 heavy (non-hydrogen) atoms. The quantitative estimate of drug-likeness (QED) is 0.160. The number of rotatable bonds is 7. The number of nitrogens with zero attached hydrogens (tertiary/aromatic N) is 3. The predicted molar refractivity (Wildman–Crippen MR) is 115 cm³/mol. The Labute approximate surface area is 191 Å². The smallest absolute Gasteiger partial charge is 0.337 e. The van der Waals surface area contributed by atoms with E-state index in [2.05, 4.69) is 52.0 Å². The monoisotopic (exact) mass is 515 g/mol. The molecule has 2 rings (SSSR count). The third-order valence-corrected chi connectivity index (χ3v) is 4.34. The summed E-state index contributed by atoms with van der Waals surface area (Å²) in [6.07, 6.45) is 0.457. The van der Waals surface area contributed by atoms with Crippen molar-refractivity contribution in [1.29, 1.82) is 0 Å². The molecule has 5 N–H and O–H groups in total. The lowest BCUT2D eigenvalue weighted by molar-refractivity contribution is -0.157. The molecule has 0 unspecified atom stereocenters. The van der Waals surface area contributed by atoms with E-state index in [1.54, 1.807) is 26.3 Å². The van der Waals surface area contributed by atoms with E-state index in [0.29, 0.717) is 18.7 Å². The fourth-order valence-electron chi connectivity index (χ4n) is 2.03. The molecule has 174 valence electrons. The van der Waals surface area contributed by atoms with E-state index in [4.69, 9.17) is 10.0 Å². The summed E-state index contributed by atoms with van der Waals surface area (Å²) in [6.45, 7) is 5.60. The first-order valence-electron chi connectivity index (χ1n) is 9.36. The van der Waals surface area contributed by atoms with Crippen LogP contribution in [-0.2, 0) is 9.63 Å². The van der Waals surface area contributed by atoms with Crippen LogP contribution in [0.4, 0.5) is 15.9 Å². The van der Waals surface area contributed by atoms with Crippen molar-refractivity contribution in [3.8, 4) is 0 Å². The van der Waals surface area contributed by atoms with E-state index in [1.165, 1.54) is 18.2 Å². The molecule has 0 radical (unpaired) electrons. The molecule has 12 nitrogen and oxygen atoms in total. The van der Waals surface area contributed by atoms with Gasteiger partial charge in [0.15, 0.2) is 0 Å². The normalized spacial score (nSPS) is 11.6. The molecule has 0 saturated carbocycles. The third-order valence-electron chi connectivity index (χ3n) is 3.74. The third kappa shape index (κ3) is 7.46. The van der Waals surface area contributed by atoms with Crippen LogP contribution in [0, 0.1) is 11.2 Å². The number of halogens is 2. The summed E-state index contributed by atoms with van der Waals surface area (Å²) >= 11 is 3.04. The Balaban J connectivity index is 1.82. The van der Waals surface area contributed by atoms with Gasteiger partial charge in [0, 0.05) is 18.8 Å². The highest BCUT2D eigenvalue weighted by Crippen LogP contribution is 2.21. The van der Waals surface area contributed by atoms with Gasteiger partial charge in [0.05, 0.1) is 9.89 Å². The Hall–Kier alpha value is -3.26. The van der Waals surface area contributed by atoms with E-state index >= 15 is 0 Å². The van der Waals surface area contributed by atoms with Crippen LogP contribution in [0.5, 0.6) is 0 Å². The van der Waals surface area contributed by atoms with Crippen LogP contribution >= 0.6 is 15.9 Å². The summed E-state index contributed by atoms with van der Waals surface area (Å²) in [5.74, 6) is -1.61. The number of benzene rings is 1. The standard InChI is InChI=1S/C18H23BrFN7O5/c1-18(2,3)16(29)31-27-17(24-30)22-8-4-7-21-14-13(25-32-26-14)15(28)23-10-5-6-12(20)11(19)9-10/h5-6,9,30H,4,7-8H2,1-3H3,(H,21,26)(H,23,28)(H2,22,24,27). The van der Waals surface area contributed by atoms with Crippen LogP contribution in [0.25, 0.3) is 0 Å². The Kier molecular flexibility index (Phi) is 8.90. The Morgan fingerprint density at radius 3 is 2.72 bits per heavy atom. The van der Waals surface area contributed by atoms with E-state index in [-0.39, 0.29) is 28.5 Å². The summed E-state index contributed by atoms with van der Waals surface area (Å²) < 4.78 is 18.1. The lowest BCUT2D eigenvalue weighted by Crippen LogP contribution is -2.39. The molecular weight excluding hydrogens is 493 g/mol. The number of hydrogen-bond donors (Lipinski definition) is 5.